The van der Waals surface area contributed by atoms with Crippen LogP contribution in [0.25, 0.3) is 12.2 Å². The van der Waals surface area contributed by atoms with Crippen LogP contribution in [0.5, 0.6) is 0 Å². The van der Waals surface area contributed by atoms with Crippen LogP contribution in [0.3, 0.4) is 0 Å². The zero-order chi connectivity index (χ0) is 21.8. The summed E-state index contributed by atoms with van der Waals surface area (Å²) in [5.41, 5.74) is 3.62. The second-order valence-electron chi connectivity index (χ2n) is 7.31. The molecule has 3 aromatic carbocycles. The normalized spacial score (nSPS) is 16.7. The number of carbonyl (C=O) groups is 2. The molecule has 0 aromatic heterocycles. The minimum atomic E-state index is -0.0895. The Kier molecular flexibility index (Phi) is 6.64. The number of benzene rings is 3. The van der Waals surface area contributed by atoms with E-state index in [2.05, 4.69) is 31.9 Å². The van der Waals surface area contributed by atoms with Gasteiger partial charge in [0.1, 0.15) is 0 Å². The van der Waals surface area contributed by atoms with Crippen molar-refractivity contribution in [2.75, 3.05) is 13.1 Å². The molecular formula is C26H19Br2NO2. The average Bonchev–Trinajstić information content (AvgIpc) is 2.76. The summed E-state index contributed by atoms with van der Waals surface area (Å²) >= 11 is 6.95. The molecule has 1 saturated heterocycles. The Bertz CT molecular complexity index is 1130. The molecule has 0 bridgehead atoms. The number of halogens is 2. The maximum atomic E-state index is 13.3. The summed E-state index contributed by atoms with van der Waals surface area (Å²) in [6.07, 6.45) is 3.73. The molecule has 0 unspecified atom stereocenters. The molecule has 0 aliphatic carbocycles. The molecule has 1 fully saturated rings. The van der Waals surface area contributed by atoms with Gasteiger partial charge in [-0.15, -0.1) is 0 Å². The highest BCUT2D eigenvalue weighted by Gasteiger charge is 2.29. The lowest BCUT2D eigenvalue weighted by molar-refractivity contribution is -0.113. The number of hydrogen-bond donors (Lipinski definition) is 0. The summed E-state index contributed by atoms with van der Waals surface area (Å²) in [7, 11) is 0. The molecule has 154 valence electrons. The molecule has 0 atom stereocenters. The van der Waals surface area contributed by atoms with Gasteiger partial charge in [-0.1, -0.05) is 74.3 Å². The van der Waals surface area contributed by atoms with Crippen molar-refractivity contribution in [3.63, 3.8) is 0 Å². The third kappa shape index (κ3) is 5.30. The van der Waals surface area contributed by atoms with Gasteiger partial charge in [-0.3, -0.25) is 9.59 Å². The summed E-state index contributed by atoms with van der Waals surface area (Å²) in [5, 5.41) is 0. The summed E-state index contributed by atoms with van der Waals surface area (Å²) in [6, 6.07) is 24.7. The highest BCUT2D eigenvalue weighted by molar-refractivity contribution is 9.10. The monoisotopic (exact) mass is 535 g/mol. The van der Waals surface area contributed by atoms with Crippen LogP contribution in [0, 0.1) is 0 Å². The molecule has 1 amide bonds. The van der Waals surface area contributed by atoms with E-state index in [1.165, 1.54) is 0 Å². The summed E-state index contributed by atoms with van der Waals surface area (Å²) in [4.78, 5) is 28.2. The predicted molar refractivity (Wildman–Crippen MR) is 132 cm³/mol. The summed E-state index contributed by atoms with van der Waals surface area (Å²) < 4.78 is 1.87. The van der Waals surface area contributed by atoms with Crippen molar-refractivity contribution in [1.29, 1.82) is 0 Å². The Labute approximate surface area is 198 Å². The lowest BCUT2D eigenvalue weighted by Gasteiger charge is -2.30. The quantitative estimate of drug-likeness (QED) is 0.363. The van der Waals surface area contributed by atoms with Gasteiger partial charge in [0.05, 0.1) is 13.1 Å². The average molecular weight is 537 g/mol. The highest BCUT2D eigenvalue weighted by Crippen LogP contribution is 2.25. The molecule has 0 spiro atoms. The highest BCUT2D eigenvalue weighted by atomic mass is 79.9. The van der Waals surface area contributed by atoms with Crippen molar-refractivity contribution in [3.05, 3.63) is 116 Å². The Morgan fingerprint density at radius 2 is 1.26 bits per heavy atom. The fraction of sp³-hybridized carbons (Fsp3) is 0.0769. The zero-order valence-corrected chi connectivity index (χ0v) is 19.8. The van der Waals surface area contributed by atoms with E-state index in [1.807, 2.05) is 78.9 Å². The maximum absolute atomic E-state index is 13.3. The van der Waals surface area contributed by atoms with Gasteiger partial charge in [0.2, 0.25) is 0 Å². The first-order chi connectivity index (χ1) is 15.0. The van der Waals surface area contributed by atoms with E-state index in [1.54, 1.807) is 17.0 Å². The molecule has 3 nitrogen and oxygen atoms in total. The number of likely N-dealkylation sites (tertiary alicyclic amines) is 1. The van der Waals surface area contributed by atoms with Crippen molar-refractivity contribution in [2.45, 2.75) is 0 Å². The van der Waals surface area contributed by atoms with Crippen LogP contribution in [0.2, 0.25) is 0 Å². The van der Waals surface area contributed by atoms with Gasteiger partial charge < -0.3 is 4.90 Å². The van der Waals surface area contributed by atoms with E-state index in [0.717, 1.165) is 20.1 Å². The second-order valence-corrected chi connectivity index (χ2v) is 9.14. The minimum Gasteiger partial charge on any atom is -0.330 e. The van der Waals surface area contributed by atoms with Crippen LogP contribution in [0.1, 0.15) is 21.5 Å². The van der Waals surface area contributed by atoms with Crippen molar-refractivity contribution >= 4 is 55.7 Å². The summed E-state index contributed by atoms with van der Waals surface area (Å²) in [6.45, 7) is 0.545. The molecule has 1 aliphatic heterocycles. The fourth-order valence-electron chi connectivity index (χ4n) is 3.54. The van der Waals surface area contributed by atoms with Crippen molar-refractivity contribution < 1.29 is 9.59 Å². The predicted octanol–water partition coefficient (Wildman–Crippen LogP) is 6.40. The van der Waals surface area contributed by atoms with Crippen LogP contribution < -0.4 is 0 Å². The summed E-state index contributed by atoms with van der Waals surface area (Å²) in [5.74, 6) is -0.120. The number of ketones is 1. The van der Waals surface area contributed by atoms with Gasteiger partial charge in [0.15, 0.2) is 5.78 Å². The van der Waals surface area contributed by atoms with Gasteiger partial charge in [0, 0.05) is 25.7 Å². The van der Waals surface area contributed by atoms with Gasteiger partial charge in [0.25, 0.3) is 5.91 Å². The largest absolute Gasteiger partial charge is 0.330 e. The van der Waals surface area contributed by atoms with Crippen molar-refractivity contribution in [3.8, 4) is 0 Å². The van der Waals surface area contributed by atoms with E-state index >= 15 is 0 Å². The lowest BCUT2D eigenvalue weighted by atomic mass is 9.93. The van der Waals surface area contributed by atoms with Gasteiger partial charge in [-0.25, -0.2) is 0 Å². The first kappa shape index (κ1) is 21.5. The Morgan fingerprint density at radius 3 is 1.74 bits per heavy atom. The van der Waals surface area contributed by atoms with Gasteiger partial charge in [-0.05, 0) is 59.7 Å². The smallest absolute Gasteiger partial charge is 0.254 e. The number of Topliss-reactive ketones (excluding diaryl/α,β-unsaturated/α-hetero) is 1. The number of hydrogen-bond acceptors (Lipinski definition) is 2. The van der Waals surface area contributed by atoms with Gasteiger partial charge in [-0.2, -0.15) is 0 Å². The van der Waals surface area contributed by atoms with E-state index in [-0.39, 0.29) is 24.8 Å². The molecule has 0 N–H and O–H groups in total. The SMILES string of the molecule is O=C1/C(=C\c2cccc(Br)c2)CN(C(=O)c2ccccc2)C/C1=C\c1cccc(Br)c1. The molecule has 31 heavy (non-hydrogen) atoms. The molecule has 0 radical (unpaired) electrons. The number of carbonyl (C=O) groups excluding carboxylic acids is 2. The molecule has 4 rings (SSSR count). The number of rotatable bonds is 3. The number of amides is 1. The first-order valence-corrected chi connectivity index (χ1v) is 11.4. The zero-order valence-electron chi connectivity index (χ0n) is 16.6. The first-order valence-electron chi connectivity index (χ1n) is 9.81. The second kappa shape index (κ2) is 9.58. The Balaban J connectivity index is 1.74. The topological polar surface area (TPSA) is 37.4 Å². The minimum absolute atomic E-state index is 0.0305. The molecule has 0 saturated carbocycles. The van der Waals surface area contributed by atoms with E-state index < -0.39 is 0 Å². The number of piperidine rings is 1. The van der Waals surface area contributed by atoms with E-state index in [9.17, 15) is 9.59 Å². The molecule has 1 aliphatic rings. The molecule has 5 heteroatoms. The number of nitrogens with zero attached hydrogens (tertiary/aromatic N) is 1. The molecule has 1 heterocycles. The van der Waals surface area contributed by atoms with Crippen molar-refractivity contribution in [2.24, 2.45) is 0 Å². The van der Waals surface area contributed by atoms with E-state index in [0.29, 0.717) is 16.7 Å². The van der Waals surface area contributed by atoms with Crippen LogP contribution in [0.4, 0.5) is 0 Å². The fourth-order valence-corrected chi connectivity index (χ4v) is 4.38. The van der Waals surface area contributed by atoms with Crippen LogP contribution in [-0.4, -0.2) is 29.7 Å². The molecule has 3 aromatic rings. The maximum Gasteiger partial charge on any atom is 0.254 e. The van der Waals surface area contributed by atoms with Gasteiger partial charge >= 0.3 is 0 Å². The third-order valence-electron chi connectivity index (χ3n) is 4.99. The Hall–Kier alpha value is -2.76. The molecular weight excluding hydrogens is 518 g/mol. The van der Waals surface area contributed by atoms with Crippen molar-refractivity contribution in [1.82, 2.24) is 4.90 Å². The van der Waals surface area contributed by atoms with Crippen LogP contribution >= 0.6 is 31.9 Å². The van der Waals surface area contributed by atoms with Crippen LogP contribution in [-0.2, 0) is 4.79 Å². The Morgan fingerprint density at radius 1 is 0.742 bits per heavy atom. The van der Waals surface area contributed by atoms with E-state index in [4.69, 9.17) is 0 Å². The lowest BCUT2D eigenvalue weighted by Crippen LogP contribution is -2.41. The third-order valence-corrected chi connectivity index (χ3v) is 5.98. The van der Waals surface area contributed by atoms with Crippen LogP contribution in [0.15, 0.2) is 99.0 Å². The standard InChI is InChI=1S/C26H19Br2NO2/c27-23-10-4-6-18(14-23)12-21-16-29(26(31)20-8-2-1-3-9-20)17-22(25(21)30)13-19-7-5-11-24(28)15-19/h1-15H,16-17H2/b21-12-,22-13+.